The molecule has 2 aliphatic rings. The highest BCUT2D eigenvalue weighted by atomic mass is 32.2. The number of nitrogens with zero attached hydrogens (tertiary/aromatic N) is 3. The van der Waals surface area contributed by atoms with Gasteiger partial charge < -0.3 is 24.8 Å². The van der Waals surface area contributed by atoms with Gasteiger partial charge in [-0.05, 0) is 57.2 Å². The van der Waals surface area contributed by atoms with Crippen molar-refractivity contribution in [2.24, 2.45) is 11.3 Å². The number of benzene rings is 1. The summed E-state index contributed by atoms with van der Waals surface area (Å²) in [7, 11) is -1.32. The molecule has 2 aromatic rings. The number of carbonyl (C=O) groups excluding carboxylic acids is 4. The van der Waals surface area contributed by atoms with Crippen molar-refractivity contribution in [1.29, 1.82) is 0 Å². The van der Waals surface area contributed by atoms with Crippen LogP contribution < -0.4 is 24.8 Å². The molecule has 1 aromatic heterocycles. The SMILES string of the molecule is C=CC1CC1(NC(=O)[C@@H]1CC[C@@H](Oc2ccnc3cc(OC)ccc23)N1C(=O)[C@H](NC(=O)OC(C)(C)C)C(C)(C)C)C(=O)NS(=O)(=O)N(C)CC. The minimum atomic E-state index is -4.18. The number of pyridine rings is 1. The van der Waals surface area contributed by atoms with Crippen molar-refractivity contribution in [2.45, 2.75) is 97.2 Å². The zero-order chi connectivity index (χ0) is 38.1. The van der Waals surface area contributed by atoms with Crippen LogP contribution in [0.3, 0.4) is 0 Å². The predicted octanol–water partition coefficient (Wildman–Crippen LogP) is 3.25. The maximum absolute atomic E-state index is 14.7. The van der Waals surface area contributed by atoms with Crippen molar-refractivity contribution < 1.29 is 41.8 Å². The molecule has 1 aliphatic carbocycles. The van der Waals surface area contributed by atoms with Crippen LogP contribution in [-0.4, -0.2) is 96.6 Å². The zero-order valence-electron chi connectivity index (χ0n) is 30.7. The van der Waals surface area contributed by atoms with Crippen molar-refractivity contribution in [2.75, 3.05) is 20.7 Å². The van der Waals surface area contributed by atoms with Gasteiger partial charge in [0.25, 0.3) is 5.91 Å². The third-order valence-corrected chi connectivity index (χ3v) is 10.5. The number of methoxy groups -OCH3 is 1. The molecule has 2 fully saturated rings. The summed E-state index contributed by atoms with van der Waals surface area (Å²) in [4.78, 5) is 61.1. The third-order valence-electron chi connectivity index (χ3n) is 8.97. The number of hydrogen-bond acceptors (Lipinski definition) is 10. The quantitative estimate of drug-likeness (QED) is 0.274. The van der Waals surface area contributed by atoms with Crippen LogP contribution in [-0.2, 0) is 29.3 Å². The topological polar surface area (TPSA) is 186 Å². The van der Waals surface area contributed by atoms with E-state index in [1.165, 1.54) is 18.0 Å². The predicted molar refractivity (Wildman–Crippen MR) is 190 cm³/mol. The van der Waals surface area contributed by atoms with Gasteiger partial charge in [-0.3, -0.25) is 24.3 Å². The van der Waals surface area contributed by atoms with E-state index < -0.39 is 74.8 Å². The van der Waals surface area contributed by atoms with Crippen LogP contribution in [0.15, 0.2) is 43.1 Å². The highest BCUT2D eigenvalue weighted by Crippen LogP contribution is 2.45. The van der Waals surface area contributed by atoms with E-state index >= 15 is 0 Å². The number of alkyl carbamates (subject to hydrolysis) is 1. The van der Waals surface area contributed by atoms with Crippen molar-refractivity contribution >= 4 is 44.9 Å². The summed E-state index contributed by atoms with van der Waals surface area (Å²) in [6.07, 6.45) is 1.69. The normalized spacial score (nSPS) is 22.5. The van der Waals surface area contributed by atoms with E-state index in [1.54, 1.807) is 86.0 Å². The van der Waals surface area contributed by atoms with E-state index in [4.69, 9.17) is 14.2 Å². The summed E-state index contributed by atoms with van der Waals surface area (Å²) < 4.78 is 45.8. The second-order valence-corrected chi connectivity index (χ2v) is 16.7. The largest absolute Gasteiger partial charge is 0.497 e. The van der Waals surface area contributed by atoms with Gasteiger partial charge in [0.05, 0.1) is 12.6 Å². The van der Waals surface area contributed by atoms with Crippen molar-refractivity contribution in [3.8, 4) is 11.5 Å². The molecular weight excluding hydrogens is 680 g/mol. The Morgan fingerprint density at radius 3 is 2.39 bits per heavy atom. The number of fused-ring (bicyclic) bond motifs is 1. The minimum Gasteiger partial charge on any atom is -0.497 e. The highest BCUT2D eigenvalue weighted by Gasteiger charge is 2.62. The van der Waals surface area contributed by atoms with Gasteiger partial charge in [-0.2, -0.15) is 12.7 Å². The molecule has 16 heteroatoms. The fourth-order valence-electron chi connectivity index (χ4n) is 5.94. The Bertz CT molecular complexity index is 1790. The zero-order valence-corrected chi connectivity index (χ0v) is 31.5. The standard InChI is InChI=1S/C35H50N6O9S/c1-11-21-20-35(21,31(44)39-51(46,47)40(9)12-2)38-29(42)25-15-16-27(49-26-17-18-36-24-19-22(48-10)13-14-23(24)26)41(25)30(43)28(33(3,4)5)37-32(45)50-34(6,7)8/h11,13-14,17-19,21,25,27-28H,1,12,15-16,20H2,2-10H3,(H,37,45)(H,38,42)(H,39,44)/t21?,25-,27+,28-,35?/m0/s1. The van der Waals surface area contributed by atoms with Gasteiger partial charge in [0, 0.05) is 43.6 Å². The van der Waals surface area contributed by atoms with Gasteiger partial charge in [0.1, 0.15) is 34.7 Å². The number of carbonyl (C=O) groups is 4. The van der Waals surface area contributed by atoms with Crippen LogP contribution >= 0.6 is 0 Å². The molecule has 1 saturated heterocycles. The Morgan fingerprint density at radius 1 is 1.14 bits per heavy atom. The second-order valence-electron chi connectivity index (χ2n) is 14.9. The lowest BCUT2D eigenvalue weighted by molar-refractivity contribution is -0.149. The van der Waals surface area contributed by atoms with Crippen LogP contribution in [0.4, 0.5) is 4.79 Å². The smallest absolute Gasteiger partial charge is 0.408 e. The van der Waals surface area contributed by atoms with E-state index in [2.05, 4.69) is 26.9 Å². The molecule has 1 aromatic carbocycles. The lowest BCUT2D eigenvalue weighted by Crippen LogP contribution is -2.62. The van der Waals surface area contributed by atoms with Crippen LogP contribution in [0, 0.1) is 11.3 Å². The van der Waals surface area contributed by atoms with Gasteiger partial charge in [-0.1, -0.05) is 33.8 Å². The molecule has 1 saturated carbocycles. The summed E-state index contributed by atoms with van der Waals surface area (Å²) in [5, 5.41) is 6.10. The van der Waals surface area contributed by atoms with E-state index in [0.29, 0.717) is 22.4 Å². The van der Waals surface area contributed by atoms with E-state index in [1.807, 2.05) is 0 Å². The molecule has 51 heavy (non-hydrogen) atoms. The molecule has 0 radical (unpaired) electrons. The Labute approximate surface area is 299 Å². The Morgan fingerprint density at radius 2 is 1.82 bits per heavy atom. The van der Waals surface area contributed by atoms with E-state index in [0.717, 1.165) is 4.31 Å². The molecule has 4 amide bonds. The number of aromatic nitrogens is 1. The molecule has 280 valence electrons. The lowest BCUT2D eigenvalue weighted by atomic mass is 9.85. The molecule has 2 unspecified atom stereocenters. The minimum absolute atomic E-state index is 0.108. The monoisotopic (exact) mass is 730 g/mol. The number of hydrogen-bond donors (Lipinski definition) is 3. The summed E-state index contributed by atoms with van der Waals surface area (Å²) in [6, 6.07) is 4.59. The average molecular weight is 731 g/mol. The maximum atomic E-state index is 14.7. The van der Waals surface area contributed by atoms with E-state index in [9.17, 15) is 27.6 Å². The Kier molecular flexibility index (Phi) is 11.3. The molecule has 5 atom stereocenters. The second kappa shape index (κ2) is 14.7. The van der Waals surface area contributed by atoms with Crippen molar-refractivity contribution in [1.82, 2.24) is 29.5 Å². The van der Waals surface area contributed by atoms with Crippen molar-refractivity contribution in [3.05, 3.63) is 43.1 Å². The molecule has 4 rings (SSSR count). The molecule has 1 aliphatic heterocycles. The number of rotatable bonds is 12. The molecule has 3 N–H and O–H groups in total. The van der Waals surface area contributed by atoms with Gasteiger partial charge in [0.2, 0.25) is 11.8 Å². The summed E-state index contributed by atoms with van der Waals surface area (Å²) in [5.74, 6) is -1.79. The molecular formula is C35H50N6O9S. The first kappa shape index (κ1) is 39.3. The summed E-state index contributed by atoms with van der Waals surface area (Å²) in [5.41, 5.74) is -2.72. The fourth-order valence-corrected chi connectivity index (χ4v) is 6.85. The van der Waals surface area contributed by atoms with Crippen LogP contribution in [0.1, 0.15) is 67.7 Å². The number of ether oxygens (including phenoxy) is 3. The Hall–Kier alpha value is -4.44. The number of nitrogens with one attached hydrogen (secondary N) is 3. The Balaban J connectivity index is 1.71. The molecule has 15 nitrogen and oxygen atoms in total. The number of likely N-dealkylation sites (tertiary alicyclic amines) is 1. The van der Waals surface area contributed by atoms with Crippen molar-refractivity contribution in [3.63, 3.8) is 0 Å². The maximum Gasteiger partial charge on any atom is 0.408 e. The summed E-state index contributed by atoms with van der Waals surface area (Å²) in [6.45, 7) is 15.9. The van der Waals surface area contributed by atoms with E-state index in [-0.39, 0.29) is 25.8 Å². The first-order valence-electron chi connectivity index (χ1n) is 16.8. The molecule has 2 heterocycles. The van der Waals surface area contributed by atoms with Crippen LogP contribution in [0.2, 0.25) is 0 Å². The van der Waals surface area contributed by atoms with Gasteiger partial charge >= 0.3 is 16.3 Å². The summed E-state index contributed by atoms with van der Waals surface area (Å²) >= 11 is 0. The third kappa shape index (κ3) is 8.72. The lowest BCUT2D eigenvalue weighted by Gasteiger charge is -2.38. The first-order valence-corrected chi connectivity index (χ1v) is 18.3. The fraction of sp³-hybridized carbons (Fsp3) is 0.571. The molecule has 0 bridgehead atoms. The number of amides is 4. The first-order chi connectivity index (χ1) is 23.7. The molecule has 0 spiro atoms. The van der Waals surface area contributed by atoms with Gasteiger partial charge in [0.15, 0.2) is 6.23 Å². The van der Waals surface area contributed by atoms with Crippen LogP contribution in [0.5, 0.6) is 11.5 Å². The highest BCUT2D eigenvalue weighted by molar-refractivity contribution is 7.87. The van der Waals surface area contributed by atoms with Crippen LogP contribution in [0.25, 0.3) is 10.9 Å². The van der Waals surface area contributed by atoms with Gasteiger partial charge in [-0.15, -0.1) is 6.58 Å². The average Bonchev–Trinajstić information content (AvgIpc) is 3.60. The van der Waals surface area contributed by atoms with Gasteiger partial charge in [-0.25, -0.2) is 9.52 Å².